The molecule has 0 radical (unpaired) electrons. The number of anilines is 1. The van der Waals surface area contributed by atoms with Crippen molar-refractivity contribution < 1.29 is 14.1 Å². The monoisotopic (exact) mass is 358 g/mol. The molecule has 1 aromatic heterocycles. The minimum atomic E-state index is -0.529. The zero-order valence-corrected chi connectivity index (χ0v) is 14.1. The minimum Gasteiger partial charge on any atom is -0.456 e. The van der Waals surface area contributed by atoms with Crippen molar-refractivity contribution in [1.29, 1.82) is 0 Å². The number of benzene rings is 3. The standard InChI is InChI=1S/C21H14N2O4/c24-21(16-5-3-6-18(12-16)23(25)26)22-17-10-8-14(9-11-17)20-13-15-4-1-2-7-19(15)27-20/h1-13H,(H,22,24). The summed E-state index contributed by atoms with van der Waals surface area (Å²) in [5.41, 5.74) is 2.40. The summed E-state index contributed by atoms with van der Waals surface area (Å²) >= 11 is 0. The third kappa shape index (κ3) is 3.41. The fraction of sp³-hybridized carbons (Fsp3) is 0. The van der Waals surface area contributed by atoms with Gasteiger partial charge in [0.2, 0.25) is 0 Å². The Morgan fingerprint density at radius 3 is 2.44 bits per heavy atom. The van der Waals surface area contributed by atoms with Crippen molar-refractivity contribution in [3.63, 3.8) is 0 Å². The maximum atomic E-state index is 12.3. The lowest BCUT2D eigenvalue weighted by molar-refractivity contribution is -0.384. The van der Waals surface area contributed by atoms with Gasteiger partial charge in [-0.25, -0.2) is 0 Å². The molecule has 0 aliphatic carbocycles. The summed E-state index contributed by atoms with van der Waals surface area (Å²) in [6.07, 6.45) is 0. The lowest BCUT2D eigenvalue weighted by Crippen LogP contribution is -2.11. The van der Waals surface area contributed by atoms with Crippen molar-refractivity contribution in [2.75, 3.05) is 5.32 Å². The van der Waals surface area contributed by atoms with E-state index in [1.165, 1.54) is 24.3 Å². The maximum Gasteiger partial charge on any atom is 0.270 e. The Hall–Kier alpha value is -3.93. The van der Waals surface area contributed by atoms with Crippen LogP contribution in [0, 0.1) is 10.1 Å². The number of carbonyl (C=O) groups is 1. The summed E-state index contributed by atoms with van der Waals surface area (Å²) < 4.78 is 5.83. The number of carbonyl (C=O) groups excluding carboxylic acids is 1. The Balaban J connectivity index is 1.53. The van der Waals surface area contributed by atoms with Crippen molar-refractivity contribution in [3.8, 4) is 11.3 Å². The van der Waals surface area contributed by atoms with E-state index in [1.54, 1.807) is 12.1 Å². The van der Waals surface area contributed by atoms with Gasteiger partial charge in [-0.3, -0.25) is 14.9 Å². The largest absolute Gasteiger partial charge is 0.456 e. The van der Waals surface area contributed by atoms with Gasteiger partial charge in [-0.1, -0.05) is 24.3 Å². The average molecular weight is 358 g/mol. The topological polar surface area (TPSA) is 85.4 Å². The number of nitrogens with one attached hydrogen (secondary N) is 1. The number of nitrogens with zero attached hydrogens (tertiary/aromatic N) is 1. The molecule has 1 amide bonds. The minimum absolute atomic E-state index is 0.122. The van der Waals surface area contributed by atoms with Crippen LogP contribution in [0.15, 0.2) is 83.3 Å². The van der Waals surface area contributed by atoms with Gasteiger partial charge in [0.25, 0.3) is 11.6 Å². The Morgan fingerprint density at radius 1 is 0.926 bits per heavy atom. The molecule has 1 N–H and O–H groups in total. The van der Waals surface area contributed by atoms with Crippen molar-refractivity contribution in [3.05, 3.63) is 94.5 Å². The highest BCUT2D eigenvalue weighted by atomic mass is 16.6. The highest BCUT2D eigenvalue weighted by Gasteiger charge is 2.12. The molecule has 0 aliphatic heterocycles. The molecule has 0 unspecified atom stereocenters. The molecule has 27 heavy (non-hydrogen) atoms. The molecule has 132 valence electrons. The van der Waals surface area contributed by atoms with Gasteiger partial charge in [-0.2, -0.15) is 0 Å². The van der Waals surface area contributed by atoms with Crippen LogP contribution >= 0.6 is 0 Å². The Morgan fingerprint density at radius 2 is 1.70 bits per heavy atom. The predicted molar refractivity (Wildman–Crippen MR) is 103 cm³/mol. The van der Waals surface area contributed by atoms with E-state index in [1.807, 2.05) is 42.5 Å². The molecular weight excluding hydrogens is 344 g/mol. The van der Waals surface area contributed by atoms with Crippen LogP contribution < -0.4 is 5.32 Å². The first-order valence-electron chi connectivity index (χ1n) is 8.25. The van der Waals surface area contributed by atoms with Gasteiger partial charge in [-0.05, 0) is 42.5 Å². The van der Waals surface area contributed by atoms with Crippen LogP contribution in [0.1, 0.15) is 10.4 Å². The average Bonchev–Trinajstić information content (AvgIpc) is 3.13. The summed E-state index contributed by atoms with van der Waals surface area (Å²) in [5.74, 6) is 0.336. The summed E-state index contributed by atoms with van der Waals surface area (Å²) in [5, 5.41) is 14.6. The zero-order chi connectivity index (χ0) is 18.8. The SMILES string of the molecule is O=C(Nc1ccc(-c2cc3ccccc3o2)cc1)c1cccc([N+](=O)[O-])c1. The van der Waals surface area contributed by atoms with E-state index in [0.29, 0.717) is 5.69 Å². The quantitative estimate of drug-likeness (QED) is 0.398. The number of fused-ring (bicyclic) bond motifs is 1. The van der Waals surface area contributed by atoms with Gasteiger partial charge in [0.1, 0.15) is 11.3 Å². The van der Waals surface area contributed by atoms with Crippen LogP contribution in [0.2, 0.25) is 0 Å². The Bertz CT molecular complexity index is 1110. The van der Waals surface area contributed by atoms with Crippen LogP contribution in [-0.2, 0) is 0 Å². The summed E-state index contributed by atoms with van der Waals surface area (Å²) in [6.45, 7) is 0. The maximum absolute atomic E-state index is 12.3. The number of nitro benzene ring substituents is 1. The van der Waals surface area contributed by atoms with Crippen molar-refractivity contribution in [1.82, 2.24) is 0 Å². The molecule has 0 bridgehead atoms. The third-order valence-electron chi connectivity index (χ3n) is 4.17. The van der Waals surface area contributed by atoms with Crippen LogP contribution in [0.25, 0.3) is 22.3 Å². The second-order valence-electron chi connectivity index (χ2n) is 5.99. The van der Waals surface area contributed by atoms with Crippen molar-refractivity contribution >= 4 is 28.3 Å². The van der Waals surface area contributed by atoms with Gasteiger partial charge >= 0.3 is 0 Å². The summed E-state index contributed by atoms with van der Waals surface area (Å²) in [7, 11) is 0. The molecule has 0 saturated heterocycles. The summed E-state index contributed by atoms with van der Waals surface area (Å²) in [6, 6.07) is 22.6. The van der Waals surface area contributed by atoms with Gasteiger partial charge < -0.3 is 9.73 Å². The van der Waals surface area contributed by atoms with Crippen molar-refractivity contribution in [2.24, 2.45) is 0 Å². The number of hydrogen-bond acceptors (Lipinski definition) is 4. The molecule has 0 aliphatic rings. The van der Waals surface area contributed by atoms with Gasteiger partial charge in [-0.15, -0.1) is 0 Å². The first-order chi connectivity index (χ1) is 13.1. The number of nitro groups is 1. The van der Waals surface area contributed by atoms with E-state index in [-0.39, 0.29) is 11.3 Å². The molecule has 4 aromatic rings. The van der Waals surface area contributed by atoms with Gasteiger partial charge in [0.15, 0.2) is 0 Å². The number of hydrogen-bond donors (Lipinski definition) is 1. The zero-order valence-electron chi connectivity index (χ0n) is 14.1. The molecule has 0 saturated carbocycles. The van der Waals surface area contributed by atoms with Crippen LogP contribution in [0.3, 0.4) is 0 Å². The molecule has 0 spiro atoms. The molecule has 0 atom stereocenters. The fourth-order valence-electron chi connectivity index (χ4n) is 2.81. The lowest BCUT2D eigenvalue weighted by atomic mass is 10.1. The Labute approximate surface area is 154 Å². The second kappa shape index (κ2) is 6.76. The highest BCUT2D eigenvalue weighted by molar-refractivity contribution is 6.04. The van der Waals surface area contributed by atoms with Crippen molar-refractivity contribution in [2.45, 2.75) is 0 Å². The number of furan rings is 1. The molecule has 4 rings (SSSR count). The van der Waals surface area contributed by atoms with E-state index in [0.717, 1.165) is 22.3 Å². The van der Waals surface area contributed by atoms with E-state index < -0.39 is 10.8 Å². The third-order valence-corrected chi connectivity index (χ3v) is 4.17. The second-order valence-corrected chi connectivity index (χ2v) is 5.99. The van der Waals surface area contributed by atoms with Gasteiger partial charge in [0.05, 0.1) is 4.92 Å². The molecular formula is C21H14N2O4. The fourth-order valence-corrected chi connectivity index (χ4v) is 2.81. The van der Waals surface area contributed by atoms with E-state index in [4.69, 9.17) is 4.42 Å². The van der Waals surface area contributed by atoms with Crippen LogP contribution in [0.4, 0.5) is 11.4 Å². The molecule has 3 aromatic carbocycles. The van der Waals surface area contributed by atoms with E-state index >= 15 is 0 Å². The van der Waals surface area contributed by atoms with E-state index in [2.05, 4.69) is 5.32 Å². The molecule has 0 fully saturated rings. The number of non-ortho nitro benzene ring substituents is 1. The van der Waals surface area contributed by atoms with Gasteiger partial charge in [0, 0.05) is 34.3 Å². The summed E-state index contributed by atoms with van der Waals surface area (Å²) in [4.78, 5) is 22.6. The molecule has 6 nitrogen and oxygen atoms in total. The number of para-hydroxylation sites is 1. The van der Waals surface area contributed by atoms with Crippen LogP contribution in [-0.4, -0.2) is 10.8 Å². The van der Waals surface area contributed by atoms with E-state index in [9.17, 15) is 14.9 Å². The molecule has 6 heteroatoms. The number of amides is 1. The Kier molecular flexibility index (Phi) is 4.14. The predicted octanol–water partition coefficient (Wildman–Crippen LogP) is 5.26. The molecule has 1 heterocycles. The first-order valence-corrected chi connectivity index (χ1v) is 8.25. The normalized spacial score (nSPS) is 10.7. The smallest absolute Gasteiger partial charge is 0.270 e. The number of rotatable bonds is 4. The first kappa shape index (κ1) is 16.5. The van der Waals surface area contributed by atoms with Crippen LogP contribution in [0.5, 0.6) is 0 Å². The highest BCUT2D eigenvalue weighted by Crippen LogP contribution is 2.28. The lowest BCUT2D eigenvalue weighted by Gasteiger charge is -2.06.